The molecule has 0 unspecified atom stereocenters. The lowest BCUT2D eigenvalue weighted by atomic mass is 9.97. The lowest BCUT2D eigenvalue weighted by Crippen LogP contribution is -2.41. The van der Waals surface area contributed by atoms with Crippen LogP contribution in [0.5, 0.6) is 5.75 Å². The minimum atomic E-state index is -4.84. The number of sulfonamides is 1. The van der Waals surface area contributed by atoms with Crippen LogP contribution in [-0.2, 0) is 10.0 Å². The lowest BCUT2D eigenvalue weighted by molar-refractivity contribution is -0.274. The summed E-state index contributed by atoms with van der Waals surface area (Å²) < 4.78 is 71.3. The van der Waals surface area contributed by atoms with Crippen LogP contribution in [0.15, 0.2) is 29.2 Å². The van der Waals surface area contributed by atoms with E-state index in [2.05, 4.69) is 19.0 Å². The number of nitrogens with one attached hydrogen (secondary N) is 1. The molecule has 0 bridgehead atoms. The highest BCUT2D eigenvalue weighted by atomic mass is 32.2. The van der Waals surface area contributed by atoms with Crippen molar-refractivity contribution in [1.29, 1.82) is 0 Å². The van der Waals surface area contributed by atoms with Crippen molar-refractivity contribution in [1.82, 2.24) is 19.2 Å². The van der Waals surface area contributed by atoms with E-state index in [0.717, 1.165) is 35.8 Å². The second-order valence-corrected chi connectivity index (χ2v) is 9.32. The minimum absolute atomic E-state index is 0.0392. The Balaban J connectivity index is 1.51. The molecule has 1 fully saturated rings. The van der Waals surface area contributed by atoms with Gasteiger partial charge in [0.2, 0.25) is 10.0 Å². The van der Waals surface area contributed by atoms with E-state index in [-0.39, 0.29) is 23.3 Å². The Bertz CT molecular complexity index is 985. The van der Waals surface area contributed by atoms with Crippen molar-refractivity contribution in [2.45, 2.75) is 31.0 Å². The van der Waals surface area contributed by atoms with E-state index >= 15 is 0 Å². The highest BCUT2D eigenvalue weighted by molar-refractivity contribution is 7.89. The third-order valence-electron chi connectivity index (χ3n) is 4.68. The third kappa shape index (κ3) is 5.67. The first kappa shape index (κ1) is 22.4. The fourth-order valence-electron chi connectivity index (χ4n) is 3.04. The molecule has 1 aliphatic heterocycles. The Morgan fingerprint density at radius 2 is 1.90 bits per heavy atom. The number of piperidine rings is 1. The van der Waals surface area contributed by atoms with Crippen molar-refractivity contribution in [3.05, 3.63) is 34.8 Å². The number of alkyl halides is 3. The summed E-state index contributed by atoms with van der Waals surface area (Å²) in [7, 11) is -3.87. The average molecular weight is 464 g/mol. The van der Waals surface area contributed by atoms with Crippen molar-refractivity contribution in [2.24, 2.45) is 5.92 Å². The van der Waals surface area contributed by atoms with Gasteiger partial charge in [0.25, 0.3) is 5.91 Å². The molecule has 13 heteroatoms. The first-order valence-corrected chi connectivity index (χ1v) is 11.2. The first-order valence-electron chi connectivity index (χ1n) is 8.99. The summed E-state index contributed by atoms with van der Waals surface area (Å²) in [5.74, 6) is -0.579. The maximum Gasteiger partial charge on any atom is 0.573 e. The number of rotatable bonds is 6. The molecular weight excluding hydrogens is 445 g/mol. The van der Waals surface area contributed by atoms with E-state index in [1.165, 1.54) is 0 Å². The lowest BCUT2D eigenvalue weighted by Gasteiger charge is -2.31. The van der Waals surface area contributed by atoms with Gasteiger partial charge < -0.3 is 9.64 Å². The van der Waals surface area contributed by atoms with E-state index in [0.29, 0.717) is 36.5 Å². The highest BCUT2D eigenvalue weighted by Gasteiger charge is 2.31. The van der Waals surface area contributed by atoms with Crippen LogP contribution in [0.2, 0.25) is 0 Å². The third-order valence-corrected chi connectivity index (χ3v) is 6.93. The van der Waals surface area contributed by atoms with Crippen molar-refractivity contribution < 1.29 is 31.1 Å². The van der Waals surface area contributed by atoms with Gasteiger partial charge in [0.05, 0.1) is 10.6 Å². The van der Waals surface area contributed by atoms with Crippen molar-refractivity contribution in [3.63, 3.8) is 0 Å². The summed E-state index contributed by atoms with van der Waals surface area (Å²) in [4.78, 5) is 14.5. The highest BCUT2D eigenvalue weighted by Crippen LogP contribution is 2.24. The molecule has 8 nitrogen and oxygen atoms in total. The Morgan fingerprint density at radius 3 is 2.43 bits per heavy atom. The van der Waals surface area contributed by atoms with E-state index in [1.54, 1.807) is 11.8 Å². The molecule has 30 heavy (non-hydrogen) atoms. The van der Waals surface area contributed by atoms with Crippen LogP contribution in [0, 0.1) is 12.8 Å². The second-order valence-electron chi connectivity index (χ2n) is 6.79. The molecule has 1 N–H and O–H groups in total. The van der Waals surface area contributed by atoms with Gasteiger partial charge >= 0.3 is 6.36 Å². The van der Waals surface area contributed by atoms with Crippen molar-refractivity contribution in [3.8, 4) is 5.75 Å². The molecule has 0 spiro atoms. The fourth-order valence-corrected chi connectivity index (χ4v) is 4.78. The normalized spacial score (nSPS) is 15.9. The number of hydrogen-bond acceptors (Lipinski definition) is 7. The molecule has 0 saturated carbocycles. The number of aromatic nitrogens is 2. The number of carbonyl (C=O) groups excluding carboxylic acids is 1. The number of nitrogens with zero attached hydrogens (tertiary/aromatic N) is 3. The summed E-state index contributed by atoms with van der Waals surface area (Å²) in [6.07, 6.45) is -3.60. The number of hydrogen-bond donors (Lipinski definition) is 1. The summed E-state index contributed by atoms with van der Waals surface area (Å²) >= 11 is 1.05. The van der Waals surface area contributed by atoms with Gasteiger partial charge in [-0.05, 0) is 61.5 Å². The summed E-state index contributed by atoms with van der Waals surface area (Å²) in [5.41, 5.74) is 0.589. The zero-order valence-corrected chi connectivity index (χ0v) is 17.5. The van der Waals surface area contributed by atoms with Crippen LogP contribution in [0.25, 0.3) is 0 Å². The number of carbonyl (C=O) groups is 1. The van der Waals surface area contributed by atoms with E-state index < -0.39 is 22.1 Å². The number of aryl methyl sites for hydroxylation is 1. The predicted octanol–water partition coefficient (Wildman–Crippen LogP) is 2.58. The molecule has 0 atom stereocenters. The predicted molar refractivity (Wildman–Crippen MR) is 102 cm³/mol. The van der Waals surface area contributed by atoms with Gasteiger partial charge in [-0.15, -0.1) is 18.3 Å². The number of amides is 1. The van der Waals surface area contributed by atoms with Crippen LogP contribution in [0.1, 0.15) is 28.2 Å². The summed E-state index contributed by atoms with van der Waals surface area (Å²) in [6.45, 7) is 2.88. The van der Waals surface area contributed by atoms with Gasteiger partial charge in [-0.1, -0.05) is 4.49 Å². The SMILES string of the molecule is Cc1nnsc1C(=O)N1CCC(CNS(=O)(=O)c2ccc(OC(F)(F)F)cc2)CC1. The molecule has 1 amide bonds. The number of ether oxygens (including phenoxy) is 1. The van der Waals surface area contributed by atoms with Crippen molar-refractivity contribution >= 4 is 27.5 Å². The number of likely N-dealkylation sites (tertiary alicyclic amines) is 1. The smallest absolute Gasteiger partial charge is 0.406 e. The molecule has 1 aromatic heterocycles. The van der Waals surface area contributed by atoms with Gasteiger partial charge in [-0.2, -0.15) is 0 Å². The molecule has 2 aromatic rings. The van der Waals surface area contributed by atoms with Crippen LogP contribution in [-0.4, -0.2) is 54.8 Å². The van der Waals surface area contributed by atoms with E-state index in [9.17, 15) is 26.4 Å². The summed E-state index contributed by atoms with van der Waals surface area (Å²) in [6, 6.07) is 4.00. The maximum absolute atomic E-state index is 12.5. The standard InChI is InChI=1S/C17H19F3N4O4S2/c1-11-15(29-23-22-11)16(25)24-8-6-12(7-9-24)10-21-30(26,27)14-4-2-13(3-5-14)28-17(18,19)20/h2-5,12,21H,6-10H2,1H3. The zero-order chi connectivity index (χ0) is 21.9. The van der Waals surface area contributed by atoms with Gasteiger partial charge in [0.1, 0.15) is 10.6 Å². The molecule has 164 valence electrons. The monoisotopic (exact) mass is 464 g/mol. The quantitative estimate of drug-likeness (QED) is 0.705. The molecule has 1 aromatic carbocycles. The number of benzene rings is 1. The van der Waals surface area contributed by atoms with Crippen LogP contribution >= 0.6 is 11.5 Å². The van der Waals surface area contributed by atoms with E-state index in [1.807, 2.05) is 0 Å². The summed E-state index contributed by atoms with van der Waals surface area (Å²) in [5, 5.41) is 3.84. The Kier molecular flexibility index (Phi) is 6.62. The van der Waals surface area contributed by atoms with Crippen molar-refractivity contribution in [2.75, 3.05) is 19.6 Å². The molecule has 0 radical (unpaired) electrons. The Morgan fingerprint density at radius 1 is 1.27 bits per heavy atom. The van der Waals surface area contributed by atoms with Crippen LogP contribution in [0.4, 0.5) is 13.2 Å². The van der Waals surface area contributed by atoms with Gasteiger partial charge in [0.15, 0.2) is 0 Å². The Hall–Kier alpha value is -2.25. The van der Waals surface area contributed by atoms with Crippen LogP contribution < -0.4 is 9.46 Å². The molecule has 1 aliphatic rings. The minimum Gasteiger partial charge on any atom is -0.406 e. The average Bonchev–Trinajstić information content (AvgIpc) is 3.11. The zero-order valence-electron chi connectivity index (χ0n) is 15.8. The fraction of sp³-hybridized carbons (Fsp3) is 0.471. The van der Waals surface area contributed by atoms with Gasteiger partial charge in [0, 0.05) is 19.6 Å². The molecule has 0 aliphatic carbocycles. The number of halogens is 3. The van der Waals surface area contributed by atoms with Crippen LogP contribution in [0.3, 0.4) is 0 Å². The topological polar surface area (TPSA) is 101 Å². The molecule has 3 rings (SSSR count). The molecular formula is C17H19F3N4O4S2. The van der Waals surface area contributed by atoms with E-state index in [4.69, 9.17) is 0 Å². The maximum atomic E-state index is 12.5. The van der Waals surface area contributed by atoms with Gasteiger partial charge in [-0.3, -0.25) is 4.79 Å². The first-order chi connectivity index (χ1) is 14.0. The second kappa shape index (κ2) is 8.86. The van der Waals surface area contributed by atoms with Gasteiger partial charge in [-0.25, -0.2) is 13.1 Å². The Labute approximate surface area is 175 Å². The largest absolute Gasteiger partial charge is 0.573 e. The molecule has 2 heterocycles. The molecule has 1 saturated heterocycles.